The topological polar surface area (TPSA) is 123 Å². The highest BCUT2D eigenvalue weighted by Gasteiger charge is 2.28. The molecule has 0 atom stereocenters. The summed E-state index contributed by atoms with van der Waals surface area (Å²) in [5.41, 5.74) is 23.7. The van der Waals surface area contributed by atoms with Gasteiger partial charge in [-0.1, -0.05) is 334 Å². The van der Waals surface area contributed by atoms with Crippen molar-refractivity contribution in [2.24, 2.45) is 0 Å². The van der Waals surface area contributed by atoms with Crippen molar-refractivity contribution in [3.05, 3.63) is 473 Å². The van der Waals surface area contributed by atoms with E-state index in [9.17, 15) is 0 Å². The minimum Gasteiger partial charge on any atom is -0.309 e. The molecule has 0 aliphatic carbocycles. The summed E-state index contributed by atoms with van der Waals surface area (Å²) in [6, 6.07) is 166. The lowest BCUT2D eigenvalue weighted by Gasteiger charge is -2.14. The van der Waals surface area contributed by atoms with Crippen LogP contribution in [0, 0.1) is 0 Å². The van der Waals surface area contributed by atoms with E-state index in [1.54, 1.807) is 0 Å². The first-order valence-electron chi connectivity index (χ1n) is 46.9. The van der Waals surface area contributed by atoms with Crippen molar-refractivity contribution >= 4 is 172 Å². The average Bonchev–Trinajstić information content (AvgIpc) is 1.53. The Morgan fingerprint density at radius 1 is 0.157 bits per heavy atom. The summed E-state index contributed by atoms with van der Waals surface area (Å²) in [6.45, 7) is 0. The van der Waals surface area contributed by atoms with Crippen LogP contribution in [0.1, 0.15) is 0 Å². The number of benzene rings is 20. The third-order valence-corrected chi connectivity index (χ3v) is 29.3. The standard InChI is InChI=1S/C48H30N4.2C39H24N4S/c1-3-15-31(16-4-1)45-37-21-9-12-24-40(37)49-48(50-45)32-27-29-34(30-28-32)52-42-26-14-11-23-39(42)44-36-20-8-7-19-35(36)43-38-22-10-13-25-41(38)51(46(43)47(44)52)33-17-5-2-6-18-33;1-3-11-25(12-4-1)37-40-38(26-13-5-2-6-14-26)42-39(41-37)27-19-21-28(22-20-27)43-33-17-9-7-15-29(33)31-24-36-32(23-34(31)43)30-16-8-10-18-35(30)44-36;1-3-11-25(12-4-1)37-40-38(26-13-5-2-6-14-26)42-39(41-37)27-19-21-28(22-20-27)43-33-17-9-7-15-29(33)31-23-24-32-30-16-8-10-18-34(30)44-36(32)35(31)43/h1-30H;2*1-24H. The van der Waals surface area contributed by atoms with Crippen molar-refractivity contribution in [3.63, 3.8) is 0 Å². The Morgan fingerprint density at radius 2 is 0.464 bits per heavy atom. The van der Waals surface area contributed by atoms with Crippen LogP contribution in [0.2, 0.25) is 0 Å². The molecule has 0 radical (unpaired) electrons. The molecular formula is C126H78N12S2. The molecule has 29 aromatic rings. The molecule has 20 aromatic carbocycles. The van der Waals surface area contributed by atoms with E-state index in [1.807, 2.05) is 156 Å². The maximum Gasteiger partial charge on any atom is 0.164 e. The molecule has 140 heavy (non-hydrogen) atoms. The fourth-order valence-corrected chi connectivity index (χ4v) is 23.0. The molecule has 9 heterocycles. The van der Waals surface area contributed by atoms with Crippen molar-refractivity contribution in [1.82, 2.24) is 58.1 Å². The average molecular weight is 1820 g/mol. The second kappa shape index (κ2) is 33.9. The second-order valence-corrected chi connectivity index (χ2v) is 37.3. The van der Waals surface area contributed by atoms with E-state index in [-0.39, 0.29) is 0 Å². The van der Waals surface area contributed by atoms with E-state index >= 15 is 0 Å². The molecule has 0 saturated carbocycles. The molecule has 0 aliphatic rings. The Hall–Kier alpha value is -18.3. The third-order valence-electron chi connectivity index (χ3n) is 27.0. The van der Waals surface area contributed by atoms with Crippen LogP contribution in [-0.4, -0.2) is 58.1 Å². The Labute approximate surface area is 811 Å². The largest absolute Gasteiger partial charge is 0.309 e. The van der Waals surface area contributed by atoms with E-state index in [1.165, 1.54) is 138 Å². The van der Waals surface area contributed by atoms with Gasteiger partial charge in [0, 0.05) is 151 Å². The van der Waals surface area contributed by atoms with Crippen LogP contribution in [-0.2, 0) is 0 Å². The minimum atomic E-state index is 0.651. The summed E-state index contributed by atoms with van der Waals surface area (Å²) in [5.74, 6) is 4.65. The number of fused-ring (bicyclic) bond motifs is 24. The summed E-state index contributed by atoms with van der Waals surface area (Å²) in [5, 5.41) is 18.8. The number of hydrogen-bond donors (Lipinski definition) is 0. The SMILES string of the molecule is c1ccc(-c2nc(-c3ccc(-n4c5ccccc5c5c6ccccc6c6c7ccccc7n(-c7ccccc7)c6c54)cc3)nc3ccccc23)cc1.c1ccc(-c2nc(-c3ccccc3)nc(-c3ccc(-n4c5ccccc5c5cc6sc7ccccc7c6cc54)cc3)n2)cc1.c1ccc(-c2nc(-c3ccccc3)nc(-c3ccc(-n4c5ccccc5c5ccc6c7ccccc7sc6c54)cc3)n2)cc1. The predicted octanol–water partition coefficient (Wildman–Crippen LogP) is 33.0. The lowest BCUT2D eigenvalue weighted by molar-refractivity contribution is 1.07. The molecule has 12 nitrogen and oxygen atoms in total. The van der Waals surface area contributed by atoms with Crippen LogP contribution >= 0.6 is 22.7 Å². The first-order chi connectivity index (χ1) is 69.4. The van der Waals surface area contributed by atoms with Gasteiger partial charge in [0.05, 0.1) is 60.0 Å². The number of aromatic nitrogens is 12. The number of para-hydroxylation sites is 6. The highest BCUT2D eigenvalue weighted by Crippen LogP contribution is 2.50. The molecule has 0 aliphatic heterocycles. The molecule has 0 N–H and O–H groups in total. The summed E-state index contributed by atoms with van der Waals surface area (Å²) < 4.78 is 14.9. The minimum absolute atomic E-state index is 0.651. The Balaban J connectivity index is 0.000000106. The second-order valence-electron chi connectivity index (χ2n) is 35.1. The first kappa shape index (κ1) is 81.2. The monoisotopic (exact) mass is 1820 g/mol. The van der Waals surface area contributed by atoms with Gasteiger partial charge in [-0.15, -0.1) is 22.7 Å². The van der Waals surface area contributed by atoms with Gasteiger partial charge < -0.3 is 18.3 Å². The molecule has 29 rings (SSSR count). The van der Waals surface area contributed by atoms with Gasteiger partial charge in [-0.3, -0.25) is 0 Å². The normalized spacial score (nSPS) is 11.7. The summed E-state index contributed by atoms with van der Waals surface area (Å²) in [7, 11) is 0. The van der Waals surface area contributed by atoms with E-state index in [0.29, 0.717) is 40.8 Å². The maximum atomic E-state index is 5.16. The number of thiophene rings is 2. The maximum absolute atomic E-state index is 5.16. The molecule has 9 aromatic heterocycles. The smallest absolute Gasteiger partial charge is 0.164 e. The molecule has 0 amide bonds. The van der Waals surface area contributed by atoms with Crippen LogP contribution in [0.4, 0.5) is 0 Å². The third kappa shape index (κ3) is 13.9. The van der Waals surface area contributed by atoms with Crippen molar-refractivity contribution in [2.75, 3.05) is 0 Å². The van der Waals surface area contributed by atoms with Gasteiger partial charge in [0.2, 0.25) is 0 Å². The summed E-state index contributed by atoms with van der Waals surface area (Å²) >= 11 is 3.73. The molecule has 0 bridgehead atoms. The number of rotatable bonds is 12. The van der Waals surface area contributed by atoms with Crippen molar-refractivity contribution in [1.29, 1.82) is 0 Å². The van der Waals surface area contributed by atoms with E-state index in [2.05, 4.69) is 358 Å². The zero-order valence-electron chi connectivity index (χ0n) is 75.2. The fraction of sp³-hybridized carbons (Fsp3) is 0. The number of nitrogens with zero attached hydrogens (tertiary/aromatic N) is 12. The van der Waals surface area contributed by atoms with Gasteiger partial charge in [0.15, 0.2) is 40.8 Å². The van der Waals surface area contributed by atoms with Crippen LogP contribution < -0.4 is 0 Å². The molecular weight excluding hydrogens is 1750 g/mol. The van der Waals surface area contributed by atoms with Gasteiger partial charge in [0.25, 0.3) is 0 Å². The van der Waals surface area contributed by atoms with Crippen LogP contribution in [0.25, 0.3) is 263 Å². The molecule has 0 unspecified atom stereocenters. The highest BCUT2D eigenvalue weighted by molar-refractivity contribution is 7.27. The lowest BCUT2D eigenvalue weighted by atomic mass is 9.98. The van der Waals surface area contributed by atoms with Gasteiger partial charge in [-0.05, 0) is 150 Å². The van der Waals surface area contributed by atoms with Gasteiger partial charge in [-0.2, -0.15) is 0 Å². The predicted molar refractivity (Wildman–Crippen MR) is 583 cm³/mol. The Morgan fingerprint density at radius 3 is 0.921 bits per heavy atom. The van der Waals surface area contributed by atoms with Crippen LogP contribution in [0.3, 0.4) is 0 Å². The Kier molecular flexibility index (Phi) is 19.7. The highest BCUT2D eigenvalue weighted by atomic mass is 32.1. The molecule has 0 fully saturated rings. The lowest BCUT2D eigenvalue weighted by Crippen LogP contribution is -2.00. The quantitative estimate of drug-likeness (QED) is 0.119. The van der Waals surface area contributed by atoms with Crippen molar-refractivity contribution < 1.29 is 0 Å². The van der Waals surface area contributed by atoms with Gasteiger partial charge >= 0.3 is 0 Å². The molecule has 0 spiro atoms. The van der Waals surface area contributed by atoms with E-state index in [0.717, 1.165) is 83.9 Å². The van der Waals surface area contributed by atoms with Crippen molar-refractivity contribution in [2.45, 2.75) is 0 Å². The zero-order valence-corrected chi connectivity index (χ0v) is 76.8. The summed E-state index contributed by atoms with van der Waals surface area (Å²) in [6.07, 6.45) is 0. The van der Waals surface area contributed by atoms with Gasteiger partial charge in [-0.25, -0.2) is 39.9 Å². The molecule has 14 heteroatoms. The number of hydrogen-bond acceptors (Lipinski definition) is 10. The van der Waals surface area contributed by atoms with Crippen molar-refractivity contribution in [3.8, 4) is 114 Å². The zero-order chi connectivity index (χ0) is 92.2. The molecule has 0 saturated heterocycles. The van der Waals surface area contributed by atoms with E-state index in [4.69, 9.17) is 39.9 Å². The first-order valence-corrected chi connectivity index (χ1v) is 48.6. The van der Waals surface area contributed by atoms with E-state index < -0.39 is 0 Å². The van der Waals surface area contributed by atoms with Gasteiger partial charge in [0.1, 0.15) is 0 Å². The fourth-order valence-electron chi connectivity index (χ4n) is 20.6. The van der Waals surface area contributed by atoms with Crippen LogP contribution in [0.5, 0.6) is 0 Å². The Bertz CT molecular complexity index is 9770. The van der Waals surface area contributed by atoms with Crippen LogP contribution in [0.15, 0.2) is 473 Å². The summed E-state index contributed by atoms with van der Waals surface area (Å²) in [4.78, 5) is 39.6. The molecule has 654 valence electrons.